The van der Waals surface area contributed by atoms with Gasteiger partial charge in [0.15, 0.2) is 0 Å². The Hall–Kier alpha value is -2.08. The Bertz CT molecular complexity index is 711. The van der Waals surface area contributed by atoms with Crippen molar-refractivity contribution in [2.75, 3.05) is 53.4 Å². The van der Waals surface area contributed by atoms with E-state index in [2.05, 4.69) is 23.9 Å². The molecular formula is C23H35N3O3. The predicted octanol–water partition coefficient (Wildman–Crippen LogP) is 2.88. The zero-order valence-corrected chi connectivity index (χ0v) is 18.2. The fourth-order valence-electron chi connectivity index (χ4n) is 4.57. The number of para-hydroxylation sites is 1. The van der Waals surface area contributed by atoms with Crippen LogP contribution >= 0.6 is 0 Å². The van der Waals surface area contributed by atoms with Crippen LogP contribution < -0.4 is 4.74 Å². The zero-order valence-electron chi connectivity index (χ0n) is 18.2. The van der Waals surface area contributed by atoms with Gasteiger partial charge in [-0.1, -0.05) is 12.1 Å². The van der Waals surface area contributed by atoms with Crippen molar-refractivity contribution in [3.8, 4) is 5.75 Å². The first kappa shape index (κ1) is 21.6. The van der Waals surface area contributed by atoms with Gasteiger partial charge in [0, 0.05) is 32.6 Å². The molecule has 2 aliphatic heterocycles. The van der Waals surface area contributed by atoms with Crippen LogP contribution in [0.25, 0.3) is 0 Å². The van der Waals surface area contributed by atoms with Crippen LogP contribution in [0.1, 0.15) is 49.4 Å². The van der Waals surface area contributed by atoms with Crippen LogP contribution in [0.2, 0.25) is 0 Å². The highest BCUT2D eigenvalue weighted by Crippen LogP contribution is 2.40. The third-order valence-electron chi connectivity index (χ3n) is 6.31. The van der Waals surface area contributed by atoms with Crippen molar-refractivity contribution in [2.45, 2.75) is 39.0 Å². The fraction of sp³-hybridized carbons (Fsp3) is 0.652. The highest BCUT2D eigenvalue weighted by Gasteiger charge is 2.41. The topological polar surface area (TPSA) is 53.1 Å². The third-order valence-corrected chi connectivity index (χ3v) is 6.31. The van der Waals surface area contributed by atoms with Gasteiger partial charge in [-0.25, -0.2) is 0 Å². The highest BCUT2D eigenvalue weighted by atomic mass is 16.5. The second-order valence-corrected chi connectivity index (χ2v) is 8.69. The van der Waals surface area contributed by atoms with Crippen LogP contribution in [0, 0.1) is 5.41 Å². The summed E-state index contributed by atoms with van der Waals surface area (Å²) in [5.74, 6) is 1.01. The summed E-state index contributed by atoms with van der Waals surface area (Å²) in [5.41, 5.74) is 0.817. The minimum atomic E-state index is 0.0543. The number of carbonyl (C=O) groups is 2. The van der Waals surface area contributed by atoms with Crippen molar-refractivity contribution in [1.82, 2.24) is 14.7 Å². The Labute approximate surface area is 174 Å². The second-order valence-electron chi connectivity index (χ2n) is 8.69. The number of ether oxygens (including phenoxy) is 1. The maximum atomic E-state index is 13.1. The van der Waals surface area contributed by atoms with Gasteiger partial charge in [0.05, 0.1) is 12.2 Å². The Morgan fingerprint density at radius 2 is 1.90 bits per heavy atom. The molecule has 0 radical (unpaired) electrons. The average Bonchev–Trinajstić information content (AvgIpc) is 2.71. The molecule has 2 fully saturated rings. The van der Waals surface area contributed by atoms with E-state index in [0.29, 0.717) is 30.2 Å². The lowest BCUT2D eigenvalue weighted by Gasteiger charge is -2.47. The predicted molar refractivity (Wildman–Crippen MR) is 114 cm³/mol. The van der Waals surface area contributed by atoms with Gasteiger partial charge in [0.25, 0.3) is 5.91 Å². The van der Waals surface area contributed by atoms with E-state index in [4.69, 9.17) is 4.74 Å². The van der Waals surface area contributed by atoms with Crippen molar-refractivity contribution in [2.24, 2.45) is 5.41 Å². The van der Waals surface area contributed by atoms with Crippen LogP contribution in [0.3, 0.4) is 0 Å². The number of nitrogens with zero attached hydrogens (tertiary/aromatic N) is 3. The number of hydrogen-bond acceptors (Lipinski definition) is 4. The molecule has 2 aliphatic rings. The lowest BCUT2D eigenvalue weighted by Crippen LogP contribution is -2.52. The Morgan fingerprint density at radius 3 is 2.59 bits per heavy atom. The highest BCUT2D eigenvalue weighted by molar-refractivity contribution is 5.97. The number of benzene rings is 1. The summed E-state index contributed by atoms with van der Waals surface area (Å²) in [7, 11) is 4.13. The number of amides is 2. The molecule has 0 aliphatic carbocycles. The summed E-state index contributed by atoms with van der Waals surface area (Å²) in [6, 6.07) is 7.50. The van der Waals surface area contributed by atoms with E-state index in [-0.39, 0.29) is 11.3 Å². The lowest BCUT2D eigenvalue weighted by atomic mass is 9.72. The Morgan fingerprint density at radius 1 is 1.17 bits per heavy atom. The second kappa shape index (κ2) is 9.61. The van der Waals surface area contributed by atoms with Crippen molar-refractivity contribution < 1.29 is 14.3 Å². The monoisotopic (exact) mass is 401 g/mol. The van der Waals surface area contributed by atoms with Gasteiger partial charge in [-0.05, 0) is 70.8 Å². The quantitative estimate of drug-likeness (QED) is 0.705. The van der Waals surface area contributed by atoms with Crippen molar-refractivity contribution >= 4 is 11.8 Å². The van der Waals surface area contributed by atoms with Crippen molar-refractivity contribution in [1.29, 1.82) is 0 Å². The molecule has 160 valence electrons. The number of likely N-dealkylation sites (tertiary alicyclic amines) is 2. The molecule has 0 N–H and O–H groups in total. The molecule has 6 heteroatoms. The SMILES string of the molecule is CCOc1ccccc1C(=O)N1CCC2(CCC(=O)N(CCCN(C)C)C2)CC1. The first-order valence-corrected chi connectivity index (χ1v) is 10.9. The Balaban J connectivity index is 1.59. The molecule has 2 saturated heterocycles. The van der Waals surface area contributed by atoms with E-state index in [9.17, 15) is 9.59 Å². The van der Waals surface area contributed by atoms with E-state index < -0.39 is 0 Å². The molecule has 0 atom stereocenters. The zero-order chi connectivity index (χ0) is 20.9. The smallest absolute Gasteiger partial charge is 0.257 e. The molecule has 1 spiro atoms. The van der Waals surface area contributed by atoms with Gasteiger partial charge in [-0.2, -0.15) is 0 Å². The molecule has 0 saturated carbocycles. The minimum absolute atomic E-state index is 0.0543. The molecule has 3 rings (SSSR count). The van der Waals surface area contributed by atoms with E-state index in [1.54, 1.807) is 0 Å². The number of piperidine rings is 2. The molecule has 2 amide bonds. The van der Waals surface area contributed by atoms with Gasteiger partial charge < -0.3 is 19.4 Å². The van der Waals surface area contributed by atoms with Crippen molar-refractivity contribution in [3.63, 3.8) is 0 Å². The minimum Gasteiger partial charge on any atom is -0.493 e. The van der Waals surface area contributed by atoms with Crippen LogP contribution in [0.5, 0.6) is 5.75 Å². The molecule has 6 nitrogen and oxygen atoms in total. The summed E-state index contributed by atoms with van der Waals surface area (Å²) in [6.07, 6.45) is 4.53. The van der Waals surface area contributed by atoms with E-state index in [1.807, 2.05) is 36.1 Å². The maximum Gasteiger partial charge on any atom is 0.257 e. The molecule has 0 aromatic heterocycles. The summed E-state index contributed by atoms with van der Waals surface area (Å²) in [5, 5.41) is 0. The molecule has 2 heterocycles. The van der Waals surface area contributed by atoms with Gasteiger partial charge in [-0.15, -0.1) is 0 Å². The molecule has 0 unspecified atom stereocenters. The first-order chi connectivity index (χ1) is 13.9. The standard InChI is InChI=1S/C23H35N3O3/c1-4-29-20-9-6-5-8-19(20)22(28)25-16-12-23(13-17-25)11-10-21(27)26(18-23)15-7-14-24(2)3/h5-6,8-9H,4,7,10-18H2,1-3H3. The van der Waals surface area contributed by atoms with Gasteiger partial charge in [-0.3, -0.25) is 9.59 Å². The summed E-state index contributed by atoms with van der Waals surface area (Å²) in [4.78, 5) is 31.6. The van der Waals surface area contributed by atoms with E-state index >= 15 is 0 Å². The third kappa shape index (κ3) is 5.30. The first-order valence-electron chi connectivity index (χ1n) is 10.9. The van der Waals surface area contributed by atoms with Crippen LogP contribution in [0.4, 0.5) is 0 Å². The van der Waals surface area contributed by atoms with Gasteiger partial charge in [0.1, 0.15) is 5.75 Å². The van der Waals surface area contributed by atoms with Gasteiger partial charge in [0.2, 0.25) is 5.91 Å². The molecule has 0 bridgehead atoms. The number of rotatable bonds is 7. The van der Waals surface area contributed by atoms with E-state index in [1.165, 1.54) is 0 Å². The van der Waals surface area contributed by atoms with Crippen LogP contribution in [-0.4, -0.2) is 79.9 Å². The number of hydrogen-bond donors (Lipinski definition) is 0. The van der Waals surface area contributed by atoms with Crippen LogP contribution in [-0.2, 0) is 4.79 Å². The van der Waals surface area contributed by atoms with E-state index in [0.717, 1.165) is 58.4 Å². The maximum absolute atomic E-state index is 13.1. The Kier molecular flexibility index (Phi) is 7.17. The molecule has 29 heavy (non-hydrogen) atoms. The number of carbonyl (C=O) groups excluding carboxylic acids is 2. The summed E-state index contributed by atoms with van der Waals surface area (Å²) in [6.45, 7) is 6.65. The van der Waals surface area contributed by atoms with Crippen molar-refractivity contribution in [3.05, 3.63) is 29.8 Å². The summed E-state index contributed by atoms with van der Waals surface area (Å²) >= 11 is 0. The fourth-order valence-corrected chi connectivity index (χ4v) is 4.57. The normalized spacial score (nSPS) is 19.1. The van der Waals surface area contributed by atoms with Crippen LogP contribution in [0.15, 0.2) is 24.3 Å². The largest absolute Gasteiger partial charge is 0.493 e. The average molecular weight is 402 g/mol. The molecule has 1 aromatic rings. The molecule has 1 aromatic carbocycles. The summed E-state index contributed by atoms with van der Waals surface area (Å²) < 4.78 is 5.64. The lowest BCUT2D eigenvalue weighted by molar-refractivity contribution is -0.139. The van der Waals surface area contributed by atoms with Gasteiger partial charge >= 0.3 is 0 Å². The molecular weight excluding hydrogens is 366 g/mol.